The highest BCUT2D eigenvalue weighted by Crippen LogP contribution is 2.24. The maximum absolute atomic E-state index is 11.2. The van der Waals surface area contributed by atoms with Gasteiger partial charge in [-0.05, 0) is 47.9 Å². The van der Waals surface area contributed by atoms with Gasteiger partial charge in [0.15, 0.2) is 5.78 Å². The Bertz CT molecular complexity index is 711. The summed E-state index contributed by atoms with van der Waals surface area (Å²) in [6.45, 7) is 0. The first-order valence-corrected chi connectivity index (χ1v) is 7.53. The Hall–Kier alpha value is -2.61. The number of carbonyl (C=O) groups is 1. The number of ketones is 1. The SMILES string of the molecule is CN(c1ccccc1)c1ccc(C=CC2=CC(=O)CC2)cc1. The third-order valence-electron chi connectivity index (χ3n) is 3.92. The summed E-state index contributed by atoms with van der Waals surface area (Å²) >= 11 is 0. The summed E-state index contributed by atoms with van der Waals surface area (Å²) in [4.78, 5) is 13.4. The van der Waals surface area contributed by atoms with Crippen LogP contribution in [0.5, 0.6) is 0 Å². The van der Waals surface area contributed by atoms with Gasteiger partial charge in [-0.15, -0.1) is 0 Å². The summed E-state index contributed by atoms with van der Waals surface area (Å²) in [6, 6.07) is 18.7. The molecule has 0 saturated carbocycles. The van der Waals surface area contributed by atoms with Crippen LogP contribution in [0.1, 0.15) is 18.4 Å². The van der Waals surface area contributed by atoms with Gasteiger partial charge in [-0.25, -0.2) is 0 Å². The fourth-order valence-electron chi connectivity index (χ4n) is 2.56. The van der Waals surface area contributed by atoms with Crippen molar-refractivity contribution in [1.29, 1.82) is 0 Å². The Kier molecular flexibility index (Phi) is 4.19. The van der Waals surface area contributed by atoms with E-state index in [1.165, 1.54) is 5.69 Å². The molecular weight excluding hydrogens is 270 g/mol. The smallest absolute Gasteiger partial charge is 0.156 e. The van der Waals surface area contributed by atoms with Crippen molar-refractivity contribution >= 4 is 23.2 Å². The van der Waals surface area contributed by atoms with Gasteiger partial charge in [0.2, 0.25) is 0 Å². The number of hydrogen-bond donors (Lipinski definition) is 0. The van der Waals surface area contributed by atoms with Gasteiger partial charge in [-0.1, -0.05) is 42.5 Å². The first-order valence-electron chi connectivity index (χ1n) is 7.53. The summed E-state index contributed by atoms with van der Waals surface area (Å²) in [5.41, 5.74) is 4.58. The molecule has 3 rings (SSSR count). The quantitative estimate of drug-likeness (QED) is 0.809. The van der Waals surface area contributed by atoms with E-state index in [9.17, 15) is 4.79 Å². The number of anilines is 2. The van der Waals surface area contributed by atoms with Gasteiger partial charge in [0.1, 0.15) is 0 Å². The van der Waals surface area contributed by atoms with Gasteiger partial charge < -0.3 is 4.90 Å². The molecule has 110 valence electrons. The molecule has 0 aliphatic heterocycles. The predicted molar refractivity (Wildman–Crippen MR) is 92.3 cm³/mol. The van der Waals surface area contributed by atoms with Crippen LogP contribution in [0.3, 0.4) is 0 Å². The van der Waals surface area contributed by atoms with E-state index in [4.69, 9.17) is 0 Å². The van der Waals surface area contributed by atoms with Gasteiger partial charge in [-0.3, -0.25) is 4.79 Å². The molecule has 0 N–H and O–H groups in total. The molecule has 2 heteroatoms. The zero-order chi connectivity index (χ0) is 15.4. The molecule has 0 aromatic heterocycles. The Morgan fingerprint density at radius 3 is 2.18 bits per heavy atom. The molecule has 2 aromatic carbocycles. The van der Waals surface area contributed by atoms with Gasteiger partial charge in [0.25, 0.3) is 0 Å². The molecule has 0 fully saturated rings. The molecule has 22 heavy (non-hydrogen) atoms. The lowest BCUT2D eigenvalue weighted by molar-refractivity contribution is -0.114. The second-order valence-electron chi connectivity index (χ2n) is 5.50. The zero-order valence-corrected chi connectivity index (χ0v) is 12.7. The highest BCUT2D eigenvalue weighted by molar-refractivity contribution is 5.93. The fourth-order valence-corrected chi connectivity index (χ4v) is 2.56. The third-order valence-corrected chi connectivity index (χ3v) is 3.92. The van der Waals surface area contributed by atoms with Crippen molar-refractivity contribution in [2.45, 2.75) is 12.8 Å². The summed E-state index contributed by atoms with van der Waals surface area (Å²) in [5, 5.41) is 0. The second kappa shape index (κ2) is 6.44. The van der Waals surface area contributed by atoms with Gasteiger partial charge in [-0.2, -0.15) is 0 Å². The van der Waals surface area contributed by atoms with E-state index in [1.54, 1.807) is 6.08 Å². The molecule has 0 spiro atoms. The Morgan fingerprint density at radius 1 is 0.864 bits per heavy atom. The number of allylic oxidation sites excluding steroid dienone is 3. The molecule has 0 amide bonds. The minimum Gasteiger partial charge on any atom is -0.345 e. The van der Waals surface area contributed by atoms with Gasteiger partial charge >= 0.3 is 0 Å². The van der Waals surface area contributed by atoms with Crippen molar-refractivity contribution in [3.63, 3.8) is 0 Å². The molecule has 2 aromatic rings. The van der Waals surface area contributed by atoms with E-state index < -0.39 is 0 Å². The monoisotopic (exact) mass is 289 g/mol. The molecule has 1 aliphatic carbocycles. The number of para-hydroxylation sites is 1. The Labute approximate surface area is 131 Å². The van der Waals surface area contributed by atoms with E-state index in [0.29, 0.717) is 6.42 Å². The summed E-state index contributed by atoms with van der Waals surface area (Å²) < 4.78 is 0. The second-order valence-corrected chi connectivity index (χ2v) is 5.50. The van der Waals surface area contributed by atoms with E-state index in [0.717, 1.165) is 23.2 Å². The van der Waals surface area contributed by atoms with E-state index >= 15 is 0 Å². The molecule has 1 aliphatic rings. The highest BCUT2D eigenvalue weighted by Gasteiger charge is 2.08. The van der Waals surface area contributed by atoms with Crippen LogP contribution in [0, 0.1) is 0 Å². The molecule has 0 radical (unpaired) electrons. The van der Waals surface area contributed by atoms with E-state index in [2.05, 4.69) is 54.4 Å². The maximum Gasteiger partial charge on any atom is 0.156 e. The first-order chi connectivity index (χ1) is 10.7. The molecule has 0 unspecified atom stereocenters. The highest BCUT2D eigenvalue weighted by atomic mass is 16.1. The van der Waals surface area contributed by atoms with Crippen molar-refractivity contribution in [1.82, 2.24) is 0 Å². The topological polar surface area (TPSA) is 20.3 Å². The van der Waals surface area contributed by atoms with Crippen molar-refractivity contribution in [2.75, 3.05) is 11.9 Å². The number of carbonyl (C=O) groups excluding carboxylic acids is 1. The largest absolute Gasteiger partial charge is 0.345 e. The molecule has 0 heterocycles. The van der Waals surface area contributed by atoms with Crippen molar-refractivity contribution < 1.29 is 4.79 Å². The molecule has 2 nitrogen and oxygen atoms in total. The summed E-state index contributed by atoms with van der Waals surface area (Å²) in [7, 11) is 2.06. The van der Waals surface area contributed by atoms with Crippen LogP contribution in [-0.2, 0) is 4.79 Å². The Morgan fingerprint density at radius 2 is 1.55 bits per heavy atom. The number of nitrogens with zero attached hydrogens (tertiary/aromatic N) is 1. The Balaban J connectivity index is 1.71. The number of benzene rings is 2. The van der Waals surface area contributed by atoms with Crippen LogP contribution in [-0.4, -0.2) is 12.8 Å². The normalized spacial score (nSPS) is 14.4. The molecular formula is C20H19NO. The zero-order valence-electron chi connectivity index (χ0n) is 12.7. The van der Waals surface area contributed by atoms with Crippen molar-refractivity contribution in [3.8, 4) is 0 Å². The van der Waals surface area contributed by atoms with Crippen LogP contribution in [0.4, 0.5) is 11.4 Å². The number of hydrogen-bond acceptors (Lipinski definition) is 2. The fraction of sp³-hybridized carbons (Fsp3) is 0.150. The number of rotatable bonds is 4. The van der Waals surface area contributed by atoms with Crippen LogP contribution in [0.2, 0.25) is 0 Å². The van der Waals surface area contributed by atoms with Crippen LogP contribution in [0.25, 0.3) is 6.08 Å². The minimum absolute atomic E-state index is 0.236. The van der Waals surface area contributed by atoms with Crippen LogP contribution in [0.15, 0.2) is 72.3 Å². The first kappa shape index (κ1) is 14.3. The lowest BCUT2D eigenvalue weighted by Crippen LogP contribution is -2.08. The standard InChI is InChI=1S/C20H19NO/c1-21(18-5-3-2-4-6-18)19-12-9-16(10-13-19)7-8-17-11-14-20(22)15-17/h2-10,12-13,15H,11,14H2,1H3. The van der Waals surface area contributed by atoms with Gasteiger partial charge in [0.05, 0.1) is 0 Å². The van der Waals surface area contributed by atoms with Crippen LogP contribution >= 0.6 is 0 Å². The minimum atomic E-state index is 0.236. The molecule has 0 bridgehead atoms. The predicted octanol–water partition coefficient (Wildman–Crippen LogP) is 4.76. The van der Waals surface area contributed by atoms with Crippen molar-refractivity contribution in [2.24, 2.45) is 0 Å². The lowest BCUT2D eigenvalue weighted by Gasteiger charge is -2.19. The average molecular weight is 289 g/mol. The lowest BCUT2D eigenvalue weighted by atomic mass is 10.1. The summed E-state index contributed by atoms with van der Waals surface area (Å²) in [5.74, 6) is 0.236. The third kappa shape index (κ3) is 3.34. The van der Waals surface area contributed by atoms with E-state index in [1.807, 2.05) is 24.3 Å². The average Bonchev–Trinajstić information content (AvgIpc) is 2.99. The summed E-state index contributed by atoms with van der Waals surface area (Å²) in [6.07, 6.45) is 7.37. The van der Waals surface area contributed by atoms with Gasteiger partial charge in [0, 0.05) is 24.8 Å². The molecule has 0 saturated heterocycles. The molecule has 0 atom stereocenters. The van der Waals surface area contributed by atoms with Crippen molar-refractivity contribution in [3.05, 3.63) is 77.9 Å². The maximum atomic E-state index is 11.2. The van der Waals surface area contributed by atoms with Crippen LogP contribution < -0.4 is 4.90 Å². The van der Waals surface area contributed by atoms with E-state index in [-0.39, 0.29) is 5.78 Å².